The van der Waals surface area contributed by atoms with Crippen molar-refractivity contribution in [2.75, 3.05) is 19.6 Å². The van der Waals surface area contributed by atoms with E-state index in [0.29, 0.717) is 0 Å². The van der Waals surface area contributed by atoms with Crippen molar-refractivity contribution < 1.29 is 9.59 Å². The molecule has 0 aromatic rings. The van der Waals surface area contributed by atoms with Gasteiger partial charge in [0.25, 0.3) is 5.91 Å². The second-order valence-corrected chi connectivity index (χ2v) is 5.07. The molecule has 6 nitrogen and oxygen atoms in total. The zero-order valence-electron chi connectivity index (χ0n) is 11.2. The fourth-order valence-corrected chi connectivity index (χ4v) is 1.81. The van der Waals surface area contributed by atoms with Crippen LogP contribution in [0.4, 0.5) is 0 Å². The molecule has 1 saturated heterocycles. The Labute approximate surface area is 108 Å². The molecule has 0 unspecified atom stereocenters. The Bertz CT molecular complexity index is 288. The molecule has 1 aliphatic heterocycles. The van der Waals surface area contributed by atoms with Gasteiger partial charge in [0.15, 0.2) is 0 Å². The third-order valence-corrected chi connectivity index (χ3v) is 3.08. The summed E-state index contributed by atoms with van der Waals surface area (Å²) in [6, 6.07) is -0.562. The number of nitrogens with two attached hydrogens (primary N) is 1. The van der Waals surface area contributed by atoms with Crippen LogP contribution in [0.15, 0.2) is 0 Å². The molecular weight excluding hydrogens is 232 g/mol. The largest absolute Gasteiger partial charge is 0.346 e. The van der Waals surface area contributed by atoms with Gasteiger partial charge in [0.2, 0.25) is 5.91 Å². The van der Waals surface area contributed by atoms with Crippen LogP contribution in [0.2, 0.25) is 0 Å². The van der Waals surface area contributed by atoms with E-state index in [-0.39, 0.29) is 24.3 Å². The van der Waals surface area contributed by atoms with Crippen LogP contribution in [-0.4, -0.2) is 42.5 Å². The van der Waals surface area contributed by atoms with Gasteiger partial charge in [0.1, 0.15) is 0 Å². The lowest BCUT2D eigenvalue weighted by atomic mass is 10.1. The van der Waals surface area contributed by atoms with Crippen molar-refractivity contribution in [2.45, 2.75) is 39.2 Å². The van der Waals surface area contributed by atoms with E-state index in [1.54, 1.807) is 0 Å². The summed E-state index contributed by atoms with van der Waals surface area (Å²) < 4.78 is 0. The average Bonchev–Trinajstić information content (AvgIpc) is 2.36. The van der Waals surface area contributed by atoms with Gasteiger partial charge in [-0.05, 0) is 18.8 Å². The first-order chi connectivity index (χ1) is 8.50. The first kappa shape index (κ1) is 14.9. The highest BCUT2D eigenvalue weighted by atomic mass is 16.2. The standard InChI is InChI=1S/C12H24N4O2/c1-9(2)11(13)12(18)14-8-10(17)15-16-6-4-3-5-7-16/h9,11H,3-8,13H2,1-2H3,(H,14,18)(H,15,17)/t11-/m0/s1. The maximum atomic E-state index is 11.6. The van der Waals surface area contributed by atoms with Gasteiger partial charge in [-0.15, -0.1) is 0 Å². The van der Waals surface area contributed by atoms with Crippen molar-refractivity contribution in [1.82, 2.24) is 15.8 Å². The lowest BCUT2D eigenvalue weighted by molar-refractivity contribution is -0.130. The lowest BCUT2D eigenvalue weighted by Gasteiger charge is -2.27. The molecule has 0 saturated carbocycles. The molecule has 18 heavy (non-hydrogen) atoms. The highest BCUT2D eigenvalue weighted by Gasteiger charge is 2.18. The zero-order chi connectivity index (χ0) is 13.5. The van der Waals surface area contributed by atoms with Gasteiger partial charge in [-0.25, -0.2) is 5.01 Å². The number of amides is 2. The number of hydrazine groups is 1. The van der Waals surface area contributed by atoms with Gasteiger partial charge in [0.05, 0.1) is 12.6 Å². The molecule has 6 heteroatoms. The average molecular weight is 256 g/mol. The number of nitrogens with one attached hydrogen (secondary N) is 2. The van der Waals surface area contributed by atoms with E-state index >= 15 is 0 Å². The van der Waals surface area contributed by atoms with Crippen LogP contribution in [0.1, 0.15) is 33.1 Å². The van der Waals surface area contributed by atoms with E-state index in [0.717, 1.165) is 25.9 Å². The Balaban J connectivity index is 2.22. The van der Waals surface area contributed by atoms with Crippen molar-refractivity contribution >= 4 is 11.8 Å². The van der Waals surface area contributed by atoms with Crippen molar-refractivity contribution in [2.24, 2.45) is 11.7 Å². The first-order valence-electron chi connectivity index (χ1n) is 6.58. The number of hydrogen-bond donors (Lipinski definition) is 3. The third-order valence-electron chi connectivity index (χ3n) is 3.08. The van der Waals surface area contributed by atoms with Gasteiger partial charge in [-0.2, -0.15) is 0 Å². The number of piperidine rings is 1. The Morgan fingerprint density at radius 3 is 2.39 bits per heavy atom. The number of rotatable bonds is 5. The minimum absolute atomic E-state index is 0.0181. The molecule has 1 fully saturated rings. The summed E-state index contributed by atoms with van der Waals surface area (Å²) in [6.45, 7) is 5.49. The van der Waals surface area contributed by atoms with Crippen LogP contribution in [-0.2, 0) is 9.59 Å². The van der Waals surface area contributed by atoms with E-state index < -0.39 is 6.04 Å². The van der Waals surface area contributed by atoms with Gasteiger partial charge in [-0.3, -0.25) is 15.0 Å². The summed E-state index contributed by atoms with van der Waals surface area (Å²) >= 11 is 0. The fraction of sp³-hybridized carbons (Fsp3) is 0.833. The number of hydrogen-bond acceptors (Lipinski definition) is 4. The van der Waals surface area contributed by atoms with Crippen LogP contribution in [0.25, 0.3) is 0 Å². The van der Waals surface area contributed by atoms with Crippen LogP contribution in [0.3, 0.4) is 0 Å². The van der Waals surface area contributed by atoms with Crippen molar-refractivity contribution in [1.29, 1.82) is 0 Å². The quantitative estimate of drug-likeness (QED) is 0.625. The SMILES string of the molecule is CC(C)[C@H](N)C(=O)NCC(=O)NN1CCCCC1. The molecular formula is C12H24N4O2. The molecule has 0 bridgehead atoms. The van der Waals surface area contributed by atoms with Crippen LogP contribution < -0.4 is 16.5 Å². The number of carbonyl (C=O) groups is 2. The minimum Gasteiger partial charge on any atom is -0.346 e. The molecule has 0 aromatic carbocycles. The predicted octanol–water partition coefficient (Wildman–Crippen LogP) is -0.397. The molecule has 0 spiro atoms. The van der Waals surface area contributed by atoms with E-state index in [1.807, 2.05) is 18.9 Å². The van der Waals surface area contributed by atoms with Gasteiger partial charge < -0.3 is 11.1 Å². The van der Waals surface area contributed by atoms with Crippen molar-refractivity contribution in [3.63, 3.8) is 0 Å². The second kappa shape index (κ2) is 7.33. The molecule has 1 atom stereocenters. The van der Waals surface area contributed by atoms with E-state index in [9.17, 15) is 9.59 Å². The van der Waals surface area contributed by atoms with Gasteiger partial charge >= 0.3 is 0 Å². The highest BCUT2D eigenvalue weighted by molar-refractivity contribution is 5.87. The maximum absolute atomic E-state index is 11.6. The number of carbonyl (C=O) groups excluding carboxylic acids is 2. The molecule has 0 aliphatic carbocycles. The Morgan fingerprint density at radius 1 is 1.22 bits per heavy atom. The maximum Gasteiger partial charge on any atom is 0.253 e. The Morgan fingerprint density at radius 2 is 1.83 bits per heavy atom. The molecule has 1 rings (SSSR count). The van der Waals surface area contributed by atoms with Crippen molar-refractivity contribution in [3.05, 3.63) is 0 Å². The van der Waals surface area contributed by atoms with E-state index in [1.165, 1.54) is 6.42 Å². The van der Waals surface area contributed by atoms with Gasteiger partial charge in [0, 0.05) is 13.1 Å². The van der Waals surface area contributed by atoms with E-state index in [4.69, 9.17) is 5.73 Å². The Kier molecular flexibility index (Phi) is 6.07. The topological polar surface area (TPSA) is 87.5 Å². The lowest BCUT2D eigenvalue weighted by Crippen LogP contribution is -2.51. The van der Waals surface area contributed by atoms with Crippen LogP contribution in [0.5, 0.6) is 0 Å². The van der Waals surface area contributed by atoms with Crippen LogP contribution >= 0.6 is 0 Å². The smallest absolute Gasteiger partial charge is 0.253 e. The normalized spacial score (nSPS) is 18.4. The molecule has 1 heterocycles. The predicted molar refractivity (Wildman–Crippen MR) is 69.4 cm³/mol. The third kappa shape index (κ3) is 5.01. The summed E-state index contributed by atoms with van der Waals surface area (Å²) in [5.41, 5.74) is 8.46. The summed E-state index contributed by atoms with van der Waals surface area (Å²) in [4.78, 5) is 23.2. The first-order valence-corrected chi connectivity index (χ1v) is 6.58. The Hall–Kier alpha value is -1.14. The summed E-state index contributed by atoms with van der Waals surface area (Å²) in [5.74, 6) is -0.407. The van der Waals surface area contributed by atoms with Crippen molar-refractivity contribution in [3.8, 4) is 0 Å². The zero-order valence-corrected chi connectivity index (χ0v) is 11.2. The molecule has 104 valence electrons. The van der Waals surface area contributed by atoms with E-state index in [2.05, 4.69) is 10.7 Å². The molecule has 0 radical (unpaired) electrons. The number of nitrogens with zero attached hydrogens (tertiary/aromatic N) is 1. The summed E-state index contributed by atoms with van der Waals surface area (Å²) in [7, 11) is 0. The summed E-state index contributed by atoms with van der Waals surface area (Å²) in [5, 5.41) is 4.45. The van der Waals surface area contributed by atoms with Crippen LogP contribution in [0, 0.1) is 5.92 Å². The highest BCUT2D eigenvalue weighted by Crippen LogP contribution is 2.05. The molecule has 2 amide bonds. The monoisotopic (exact) mass is 256 g/mol. The molecule has 1 aliphatic rings. The fourth-order valence-electron chi connectivity index (χ4n) is 1.81. The second-order valence-electron chi connectivity index (χ2n) is 5.07. The van der Waals surface area contributed by atoms with Gasteiger partial charge in [-0.1, -0.05) is 20.3 Å². The molecule has 4 N–H and O–H groups in total. The summed E-state index contributed by atoms with van der Waals surface area (Å²) in [6.07, 6.45) is 3.42. The minimum atomic E-state index is -0.562. The molecule has 0 aromatic heterocycles.